The Labute approximate surface area is 145 Å². The van der Waals surface area contributed by atoms with E-state index in [1.54, 1.807) is 18.5 Å². The van der Waals surface area contributed by atoms with E-state index >= 15 is 0 Å². The Morgan fingerprint density at radius 2 is 2.08 bits per heavy atom. The molecule has 0 fully saturated rings. The summed E-state index contributed by atoms with van der Waals surface area (Å²) in [5, 5.41) is 4.12. The van der Waals surface area contributed by atoms with Crippen LogP contribution < -0.4 is 5.32 Å². The van der Waals surface area contributed by atoms with Gasteiger partial charge < -0.3 is 5.32 Å². The summed E-state index contributed by atoms with van der Waals surface area (Å²) in [6.45, 7) is 5.74. The summed E-state index contributed by atoms with van der Waals surface area (Å²) >= 11 is 6.00. The number of nitrogens with one attached hydrogen (secondary N) is 1. The predicted molar refractivity (Wildman–Crippen MR) is 100 cm³/mol. The van der Waals surface area contributed by atoms with Gasteiger partial charge in [0.2, 0.25) is 0 Å². The lowest BCUT2D eigenvalue weighted by molar-refractivity contribution is 1.12. The zero-order valence-electron chi connectivity index (χ0n) is 13.3. The van der Waals surface area contributed by atoms with Crippen molar-refractivity contribution in [3.63, 3.8) is 0 Å². The first-order valence-electron chi connectivity index (χ1n) is 7.53. The van der Waals surface area contributed by atoms with Gasteiger partial charge in [0, 0.05) is 28.7 Å². The highest BCUT2D eigenvalue weighted by atomic mass is 35.5. The van der Waals surface area contributed by atoms with Crippen molar-refractivity contribution < 1.29 is 0 Å². The molecule has 0 amide bonds. The standard InChI is InChI=1S/C19H17ClN4/c1-3-5-16(6-4-2)22-19-18(14-7-9-15(20)10-8-14)23-17-13-21-11-12-24(17)19/h3-13,22H,1H2,2H3/b6-4-,16-5+. The second-order valence-electron chi connectivity index (χ2n) is 5.10. The maximum atomic E-state index is 6.00. The van der Waals surface area contributed by atoms with E-state index in [2.05, 4.69) is 16.9 Å². The summed E-state index contributed by atoms with van der Waals surface area (Å²) in [5.41, 5.74) is 3.49. The Balaban J connectivity index is 2.16. The number of fused-ring (bicyclic) bond motifs is 1. The van der Waals surface area contributed by atoms with Gasteiger partial charge in [0.05, 0.1) is 6.20 Å². The number of allylic oxidation sites excluding steroid dienone is 4. The van der Waals surface area contributed by atoms with Gasteiger partial charge in [0.25, 0.3) is 0 Å². The molecule has 0 bridgehead atoms. The number of aromatic nitrogens is 3. The van der Waals surface area contributed by atoms with Crippen LogP contribution in [-0.4, -0.2) is 14.4 Å². The van der Waals surface area contributed by atoms with Crippen molar-refractivity contribution in [2.45, 2.75) is 6.92 Å². The molecule has 1 aromatic carbocycles. The first-order valence-corrected chi connectivity index (χ1v) is 7.91. The zero-order valence-corrected chi connectivity index (χ0v) is 14.0. The number of nitrogens with zero attached hydrogens (tertiary/aromatic N) is 3. The molecule has 2 heterocycles. The molecule has 2 aromatic heterocycles. The van der Waals surface area contributed by atoms with E-state index in [0.29, 0.717) is 5.02 Å². The van der Waals surface area contributed by atoms with E-state index in [9.17, 15) is 0 Å². The van der Waals surface area contributed by atoms with Crippen LogP contribution in [-0.2, 0) is 0 Å². The molecule has 120 valence electrons. The van der Waals surface area contributed by atoms with E-state index < -0.39 is 0 Å². The summed E-state index contributed by atoms with van der Waals surface area (Å²) in [5.74, 6) is 0.862. The summed E-state index contributed by atoms with van der Waals surface area (Å²) < 4.78 is 1.97. The number of anilines is 1. The third-order valence-corrected chi connectivity index (χ3v) is 3.71. The molecule has 4 nitrogen and oxygen atoms in total. The van der Waals surface area contributed by atoms with Crippen LogP contribution in [0.25, 0.3) is 16.9 Å². The van der Waals surface area contributed by atoms with Crippen LogP contribution in [0.3, 0.4) is 0 Å². The summed E-state index contributed by atoms with van der Waals surface area (Å²) in [6.07, 6.45) is 12.9. The molecule has 5 heteroatoms. The lowest BCUT2D eigenvalue weighted by Gasteiger charge is -2.09. The highest BCUT2D eigenvalue weighted by Crippen LogP contribution is 2.30. The number of rotatable bonds is 5. The monoisotopic (exact) mass is 336 g/mol. The molecule has 0 aliphatic carbocycles. The predicted octanol–water partition coefficient (Wildman–Crippen LogP) is 5.11. The molecule has 0 saturated carbocycles. The fourth-order valence-electron chi connectivity index (χ4n) is 2.42. The van der Waals surface area contributed by atoms with Crippen LogP contribution in [0.4, 0.5) is 5.82 Å². The smallest absolute Gasteiger partial charge is 0.157 e. The van der Waals surface area contributed by atoms with Gasteiger partial charge >= 0.3 is 0 Å². The van der Waals surface area contributed by atoms with Gasteiger partial charge in [0.1, 0.15) is 11.5 Å². The first kappa shape index (κ1) is 16.0. The Kier molecular flexibility index (Phi) is 4.77. The first-order chi connectivity index (χ1) is 11.7. The lowest BCUT2D eigenvalue weighted by Crippen LogP contribution is -2.01. The summed E-state index contributed by atoms with van der Waals surface area (Å²) in [6, 6.07) is 7.62. The fraction of sp³-hybridized carbons (Fsp3) is 0.0526. The number of halogens is 1. The van der Waals surface area contributed by atoms with Crippen molar-refractivity contribution in [2.75, 3.05) is 5.32 Å². The van der Waals surface area contributed by atoms with Crippen molar-refractivity contribution in [1.29, 1.82) is 0 Å². The van der Waals surface area contributed by atoms with Gasteiger partial charge in [-0.3, -0.25) is 9.38 Å². The molecule has 0 aliphatic heterocycles. The molecular weight excluding hydrogens is 320 g/mol. The number of imidazole rings is 1. The maximum Gasteiger partial charge on any atom is 0.157 e. The van der Waals surface area contributed by atoms with Crippen LogP contribution in [0.2, 0.25) is 5.02 Å². The molecule has 0 aliphatic rings. The topological polar surface area (TPSA) is 42.2 Å². The highest BCUT2D eigenvalue weighted by Gasteiger charge is 2.14. The van der Waals surface area contributed by atoms with E-state index in [1.807, 2.05) is 60.0 Å². The van der Waals surface area contributed by atoms with Crippen LogP contribution in [0.1, 0.15) is 6.92 Å². The second-order valence-corrected chi connectivity index (χ2v) is 5.54. The third-order valence-electron chi connectivity index (χ3n) is 3.45. The molecule has 1 N–H and O–H groups in total. The van der Waals surface area contributed by atoms with Gasteiger partial charge in [-0.25, -0.2) is 4.98 Å². The molecule has 3 rings (SSSR count). The molecule has 24 heavy (non-hydrogen) atoms. The molecule has 0 radical (unpaired) electrons. The van der Waals surface area contributed by atoms with Gasteiger partial charge in [-0.05, 0) is 31.2 Å². The Morgan fingerprint density at radius 3 is 2.79 bits per heavy atom. The Morgan fingerprint density at radius 1 is 1.29 bits per heavy atom. The average Bonchev–Trinajstić information content (AvgIpc) is 2.95. The number of hydrogen-bond donors (Lipinski definition) is 1. The Hall–Kier alpha value is -2.85. The second kappa shape index (κ2) is 7.15. The highest BCUT2D eigenvalue weighted by molar-refractivity contribution is 6.30. The van der Waals surface area contributed by atoms with Crippen molar-refractivity contribution >= 4 is 23.1 Å². The zero-order chi connectivity index (χ0) is 16.9. The van der Waals surface area contributed by atoms with Crippen LogP contribution in [0, 0.1) is 0 Å². The van der Waals surface area contributed by atoms with Crippen molar-refractivity contribution in [2.24, 2.45) is 0 Å². The molecule has 3 aromatic rings. The molecular formula is C19H17ClN4. The van der Waals surface area contributed by atoms with Crippen molar-refractivity contribution in [1.82, 2.24) is 14.4 Å². The van der Waals surface area contributed by atoms with Crippen LogP contribution in [0.15, 0.2) is 79.4 Å². The number of benzene rings is 1. The lowest BCUT2D eigenvalue weighted by atomic mass is 10.1. The quantitative estimate of drug-likeness (QED) is 0.658. The fourth-order valence-corrected chi connectivity index (χ4v) is 2.54. The van der Waals surface area contributed by atoms with Gasteiger partial charge in [-0.1, -0.05) is 42.5 Å². The summed E-state index contributed by atoms with van der Waals surface area (Å²) in [7, 11) is 0. The SMILES string of the molecule is C=C/C=C(\C=C/C)Nc1c(-c2ccc(Cl)cc2)nc2cnccn12. The molecule has 0 saturated heterocycles. The van der Waals surface area contributed by atoms with Gasteiger partial charge in [0.15, 0.2) is 5.65 Å². The van der Waals surface area contributed by atoms with Crippen molar-refractivity contribution in [3.8, 4) is 11.3 Å². The van der Waals surface area contributed by atoms with Gasteiger partial charge in [-0.2, -0.15) is 0 Å². The normalized spacial score (nSPS) is 12.0. The average molecular weight is 337 g/mol. The minimum absolute atomic E-state index is 0.694. The molecule has 0 spiro atoms. The number of hydrogen-bond acceptors (Lipinski definition) is 3. The minimum Gasteiger partial charge on any atom is -0.339 e. The van der Waals surface area contributed by atoms with Crippen LogP contribution >= 0.6 is 11.6 Å². The molecule has 0 unspecified atom stereocenters. The maximum absolute atomic E-state index is 6.00. The minimum atomic E-state index is 0.694. The van der Waals surface area contributed by atoms with Gasteiger partial charge in [-0.15, -0.1) is 0 Å². The van der Waals surface area contributed by atoms with Crippen molar-refractivity contribution in [3.05, 3.63) is 84.5 Å². The van der Waals surface area contributed by atoms with E-state index in [4.69, 9.17) is 16.6 Å². The van der Waals surface area contributed by atoms with E-state index in [-0.39, 0.29) is 0 Å². The molecule has 0 atom stereocenters. The third kappa shape index (κ3) is 3.24. The largest absolute Gasteiger partial charge is 0.339 e. The van der Waals surface area contributed by atoms with E-state index in [0.717, 1.165) is 28.4 Å². The van der Waals surface area contributed by atoms with E-state index in [1.165, 1.54) is 0 Å². The summed E-state index contributed by atoms with van der Waals surface area (Å²) in [4.78, 5) is 8.85. The Bertz CT molecular complexity index is 920. The van der Waals surface area contributed by atoms with Crippen LogP contribution in [0.5, 0.6) is 0 Å².